The first-order valence-corrected chi connectivity index (χ1v) is 17.8. The summed E-state index contributed by atoms with van der Waals surface area (Å²) in [6.45, 7) is 13.7. The zero-order valence-corrected chi connectivity index (χ0v) is 29.5. The van der Waals surface area contributed by atoms with Crippen LogP contribution in [0.4, 0.5) is 28.4 Å². The molecule has 0 radical (unpaired) electrons. The van der Waals surface area contributed by atoms with Crippen LogP contribution in [0.1, 0.15) is 56.9 Å². The van der Waals surface area contributed by atoms with Crippen LogP contribution in [0.2, 0.25) is 0 Å². The van der Waals surface area contributed by atoms with Crippen LogP contribution in [0.25, 0.3) is 33.2 Å². The van der Waals surface area contributed by atoms with Gasteiger partial charge in [0.05, 0.1) is 11.4 Å². The first-order valence-electron chi connectivity index (χ1n) is 17.8. The lowest BCUT2D eigenvalue weighted by atomic mass is 9.44. The number of anilines is 5. The Morgan fingerprint density at radius 1 is 0.620 bits per heavy atom. The van der Waals surface area contributed by atoms with Gasteiger partial charge in [0, 0.05) is 39.0 Å². The lowest BCUT2D eigenvalue weighted by Crippen LogP contribution is -2.62. The predicted molar refractivity (Wildman–Crippen MR) is 211 cm³/mol. The summed E-state index contributed by atoms with van der Waals surface area (Å²) >= 11 is 0. The van der Waals surface area contributed by atoms with Crippen molar-refractivity contribution in [3.8, 4) is 22.3 Å². The molecule has 3 aliphatic rings. The van der Waals surface area contributed by atoms with E-state index in [2.05, 4.69) is 179 Å². The molecule has 4 heteroatoms. The van der Waals surface area contributed by atoms with Gasteiger partial charge in [-0.05, 0) is 87.6 Å². The minimum absolute atomic E-state index is 0.00188. The molecule has 4 heterocycles. The van der Waals surface area contributed by atoms with Crippen molar-refractivity contribution < 1.29 is 4.42 Å². The second kappa shape index (κ2) is 10.0. The van der Waals surface area contributed by atoms with E-state index in [-0.39, 0.29) is 17.7 Å². The van der Waals surface area contributed by atoms with Gasteiger partial charge in [0.2, 0.25) is 0 Å². The Bertz CT molecular complexity index is 2540. The van der Waals surface area contributed by atoms with Crippen LogP contribution in [-0.2, 0) is 10.8 Å². The molecule has 3 aliphatic heterocycles. The zero-order chi connectivity index (χ0) is 34.1. The van der Waals surface area contributed by atoms with Crippen LogP contribution in [0.3, 0.4) is 0 Å². The molecule has 0 saturated heterocycles. The summed E-state index contributed by atoms with van der Waals surface area (Å²) < 4.78 is 7.14. The highest BCUT2D eigenvalue weighted by atomic mass is 16.3. The van der Waals surface area contributed by atoms with Gasteiger partial charge in [-0.25, -0.2) is 0 Å². The van der Waals surface area contributed by atoms with E-state index in [1.807, 2.05) is 0 Å². The van der Waals surface area contributed by atoms with Crippen molar-refractivity contribution in [1.29, 1.82) is 0 Å². The Balaban J connectivity index is 1.36. The zero-order valence-electron chi connectivity index (χ0n) is 29.5. The molecular weight excluding hydrogens is 607 g/mol. The monoisotopic (exact) mass is 646 g/mol. The third-order valence-electron chi connectivity index (χ3n) is 11.4. The van der Waals surface area contributed by atoms with Crippen molar-refractivity contribution in [2.45, 2.75) is 52.4 Å². The summed E-state index contributed by atoms with van der Waals surface area (Å²) in [6, 6.07) is 47.2. The van der Waals surface area contributed by atoms with Crippen molar-refractivity contribution >= 4 is 57.4 Å². The fourth-order valence-electron chi connectivity index (χ4n) is 9.01. The maximum absolute atomic E-state index is 7.14. The van der Waals surface area contributed by atoms with Gasteiger partial charge in [-0.2, -0.15) is 0 Å². The fourth-order valence-corrected chi connectivity index (χ4v) is 9.01. The van der Waals surface area contributed by atoms with Gasteiger partial charge in [-0.15, -0.1) is 0 Å². The summed E-state index contributed by atoms with van der Waals surface area (Å²) in [4.78, 5) is 5.12. The topological polar surface area (TPSA) is 19.6 Å². The smallest absolute Gasteiger partial charge is 0.375 e. The summed E-state index contributed by atoms with van der Waals surface area (Å²) in [5, 5.41) is 1.12. The van der Waals surface area contributed by atoms with Crippen molar-refractivity contribution in [2.75, 3.05) is 9.71 Å². The number of para-hydroxylation sites is 3. The number of aryl methyl sites for hydroxylation is 1. The number of rotatable bonds is 2. The molecule has 3 nitrogen and oxygen atoms in total. The predicted octanol–water partition coefficient (Wildman–Crippen LogP) is 11.1. The highest BCUT2D eigenvalue weighted by molar-refractivity contribution is 6.93. The normalized spacial score (nSPS) is 15.0. The van der Waals surface area contributed by atoms with E-state index in [0.29, 0.717) is 0 Å². The number of nitrogens with zero attached hydrogens (tertiary/aromatic N) is 2. The van der Waals surface area contributed by atoms with E-state index in [1.165, 1.54) is 67.0 Å². The molecule has 6 aromatic carbocycles. The van der Waals surface area contributed by atoms with Gasteiger partial charge >= 0.3 is 6.85 Å². The van der Waals surface area contributed by atoms with Crippen LogP contribution < -0.4 is 20.8 Å². The van der Waals surface area contributed by atoms with Crippen LogP contribution >= 0.6 is 0 Å². The summed E-state index contributed by atoms with van der Waals surface area (Å²) in [7, 11) is 0. The first kappa shape index (κ1) is 29.4. The quantitative estimate of drug-likeness (QED) is 0.174. The molecule has 0 saturated carbocycles. The van der Waals surface area contributed by atoms with E-state index in [4.69, 9.17) is 4.42 Å². The fraction of sp³-hybridized carbons (Fsp3) is 0.174. The van der Waals surface area contributed by atoms with Crippen LogP contribution in [-0.4, -0.2) is 6.85 Å². The highest BCUT2D eigenvalue weighted by Crippen LogP contribution is 2.57. The van der Waals surface area contributed by atoms with Gasteiger partial charge in [0.15, 0.2) is 0 Å². The Hall–Kier alpha value is -5.48. The van der Waals surface area contributed by atoms with E-state index in [0.717, 1.165) is 28.0 Å². The molecule has 50 heavy (non-hydrogen) atoms. The maximum Gasteiger partial charge on any atom is 0.375 e. The Morgan fingerprint density at radius 2 is 1.36 bits per heavy atom. The number of hydrogen-bond acceptors (Lipinski definition) is 3. The Labute approximate surface area is 294 Å². The number of furan rings is 1. The summed E-state index contributed by atoms with van der Waals surface area (Å²) in [5.41, 5.74) is 19.3. The minimum atomic E-state index is -0.153. The number of fused-ring (bicyclic) bond motifs is 8. The van der Waals surface area contributed by atoms with Gasteiger partial charge in [-0.1, -0.05) is 126 Å². The SMILES string of the molecule is Cc1cc2c3c(c1)N(c1ccc(C(C)(C)C)cc1-c1ccccc1)c1c(oc4ccccc14)B3N1c3ccccc3C(C)(C)c3cccc-2c31. The Kier molecular flexibility index (Phi) is 5.91. The van der Waals surface area contributed by atoms with E-state index in [9.17, 15) is 0 Å². The van der Waals surface area contributed by atoms with E-state index < -0.39 is 0 Å². The third kappa shape index (κ3) is 3.88. The summed E-state index contributed by atoms with van der Waals surface area (Å²) in [5.74, 6) is 0. The molecule has 0 spiro atoms. The molecular formula is C46H39BN2O. The highest BCUT2D eigenvalue weighted by Gasteiger charge is 2.52. The van der Waals surface area contributed by atoms with E-state index in [1.54, 1.807) is 0 Å². The largest absolute Gasteiger partial charge is 0.466 e. The molecule has 0 N–H and O–H groups in total. The molecule has 0 fully saturated rings. The minimum Gasteiger partial charge on any atom is -0.466 e. The first-order chi connectivity index (χ1) is 24.1. The van der Waals surface area contributed by atoms with E-state index >= 15 is 0 Å². The second-order valence-electron chi connectivity index (χ2n) is 15.9. The number of benzene rings is 6. The molecule has 0 atom stereocenters. The van der Waals surface area contributed by atoms with Crippen molar-refractivity contribution in [2.24, 2.45) is 0 Å². The molecule has 1 aromatic heterocycles. The van der Waals surface area contributed by atoms with Crippen LogP contribution in [0.5, 0.6) is 0 Å². The average Bonchev–Trinajstić information content (AvgIpc) is 3.50. The van der Waals surface area contributed by atoms with Crippen molar-refractivity contribution in [1.82, 2.24) is 0 Å². The molecule has 0 amide bonds. The molecule has 242 valence electrons. The lowest BCUT2D eigenvalue weighted by Gasteiger charge is -2.50. The molecule has 7 aromatic rings. The van der Waals surface area contributed by atoms with Crippen molar-refractivity contribution in [3.05, 3.63) is 150 Å². The number of hydrogen-bond donors (Lipinski definition) is 0. The van der Waals surface area contributed by atoms with Gasteiger partial charge < -0.3 is 14.1 Å². The van der Waals surface area contributed by atoms with Crippen LogP contribution in [0, 0.1) is 6.92 Å². The van der Waals surface area contributed by atoms with Crippen molar-refractivity contribution in [3.63, 3.8) is 0 Å². The third-order valence-corrected chi connectivity index (χ3v) is 11.4. The molecule has 0 aliphatic carbocycles. The molecule has 0 unspecified atom stereocenters. The average molecular weight is 647 g/mol. The second-order valence-corrected chi connectivity index (χ2v) is 15.9. The Morgan fingerprint density at radius 3 is 2.18 bits per heavy atom. The lowest BCUT2D eigenvalue weighted by molar-refractivity contribution is 0.590. The molecule has 0 bridgehead atoms. The summed E-state index contributed by atoms with van der Waals surface area (Å²) in [6.07, 6.45) is 0. The van der Waals surface area contributed by atoms with Gasteiger partial charge in [0.25, 0.3) is 0 Å². The standard InChI is InChI=1S/C46H39BN2O/c1-28-25-34-31-18-14-20-36-42(31)49(38-21-12-11-19-35(38)46(36,5)6)47-41(34)39(26-28)48(43-32-17-10-13-22-40(32)50-44(43)47)37-24-23-30(45(2,3)4)27-33(37)29-15-8-7-9-16-29/h7-27H,1-6H3. The maximum atomic E-state index is 7.14. The van der Waals surface area contributed by atoms with Gasteiger partial charge in [0.1, 0.15) is 11.2 Å². The van der Waals surface area contributed by atoms with Crippen LogP contribution in [0.15, 0.2) is 132 Å². The molecule has 10 rings (SSSR count). The van der Waals surface area contributed by atoms with Gasteiger partial charge in [-0.3, -0.25) is 0 Å².